The van der Waals surface area contributed by atoms with Crippen LogP contribution < -0.4 is 5.32 Å². The van der Waals surface area contributed by atoms with Crippen molar-refractivity contribution in [1.82, 2.24) is 20.2 Å². The summed E-state index contributed by atoms with van der Waals surface area (Å²) in [6, 6.07) is 13.2. The highest BCUT2D eigenvalue weighted by atomic mass is 16.3. The van der Waals surface area contributed by atoms with Crippen LogP contribution in [0.1, 0.15) is 10.4 Å². The fraction of sp³-hybridized carbons (Fsp3) is 0. The Morgan fingerprint density at radius 3 is 2.57 bits per heavy atom. The molecule has 0 spiro atoms. The average molecular weight is 281 g/mol. The van der Waals surface area contributed by atoms with Crippen molar-refractivity contribution < 1.29 is 9.90 Å². The monoisotopic (exact) mass is 281 g/mol. The zero-order chi connectivity index (χ0) is 14.7. The van der Waals surface area contributed by atoms with E-state index in [0.717, 1.165) is 0 Å². The Morgan fingerprint density at radius 1 is 1.10 bits per heavy atom. The third kappa shape index (κ3) is 2.71. The standard InChI is InChI=1S/C14H11N5O2/c20-11-7-5-10(6-8-11)16-14(21)12-3-1-2-4-13(12)19-9-15-17-18-19/h1-9,20H,(H,16,21). The molecule has 0 radical (unpaired) electrons. The number of nitrogens with zero attached hydrogens (tertiary/aromatic N) is 4. The largest absolute Gasteiger partial charge is 0.508 e. The van der Waals surface area contributed by atoms with Gasteiger partial charge >= 0.3 is 0 Å². The number of rotatable bonds is 3. The summed E-state index contributed by atoms with van der Waals surface area (Å²) in [7, 11) is 0. The number of aromatic nitrogens is 4. The van der Waals surface area contributed by atoms with Gasteiger partial charge in [-0.15, -0.1) is 5.10 Å². The van der Waals surface area contributed by atoms with Gasteiger partial charge in [-0.25, -0.2) is 0 Å². The van der Waals surface area contributed by atoms with Crippen LogP contribution in [0.3, 0.4) is 0 Å². The lowest BCUT2D eigenvalue weighted by molar-refractivity contribution is 0.102. The van der Waals surface area contributed by atoms with Crippen molar-refractivity contribution in [3.05, 3.63) is 60.4 Å². The number of hydrogen-bond acceptors (Lipinski definition) is 5. The normalized spacial score (nSPS) is 10.3. The molecule has 0 fully saturated rings. The van der Waals surface area contributed by atoms with E-state index in [1.165, 1.54) is 23.1 Å². The van der Waals surface area contributed by atoms with E-state index < -0.39 is 0 Å². The molecular weight excluding hydrogens is 270 g/mol. The summed E-state index contributed by atoms with van der Waals surface area (Å²) >= 11 is 0. The number of phenols is 1. The SMILES string of the molecule is O=C(Nc1ccc(O)cc1)c1ccccc1-n1cnnn1. The fourth-order valence-electron chi connectivity index (χ4n) is 1.88. The van der Waals surface area contributed by atoms with E-state index in [0.29, 0.717) is 16.9 Å². The van der Waals surface area contributed by atoms with Crippen LogP contribution >= 0.6 is 0 Å². The second-order valence-corrected chi connectivity index (χ2v) is 4.27. The minimum atomic E-state index is -0.285. The number of para-hydroxylation sites is 1. The Hall–Kier alpha value is -3.22. The average Bonchev–Trinajstić information content (AvgIpc) is 3.04. The first-order chi connectivity index (χ1) is 10.2. The van der Waals surface area contributed by atoms with E-state index in [1.807, 2.05) is 0 Å². The first-order valence-corrected chi connectivity index (χ1v) is 6.17. The molecule has 0 saturated carbocycles. The highest BCUT2D eigenvalue weighted by Crippen LogP contribution is 2.17. The van der Waals surface area contributed by atoms with Gasteiger partial charge in [-0.3, -0.25) is 4.79 Å². The van der Waals surface area contributed by atoms with Gasteiger partial charge in [0.15, 0.2) is 0 Å². The molecule has 0 saturated heterocycles. The molecule has 2 N–H and O–H groups in total. The molecule has 3 rings (SSSR count). The number of nitrogens with one attached hydrogen (secondary N) is 1. The number of tetrazole rings is 1. The Morgan fingerprint density at radius 2 is 1.86 bits per heavy atom. The molecule has 1 heterocycles. The number of carbonyl (C=O) groups excluding carboxylic acids is 1. The van der Waals surface area contributed by atoms with Crippen LogP contribution in [0.2, 0.25) is 0 Å². The van der Waals surface area contributed by atoms with E-state index in [4.69, 9.17) is 0 Å². The lowest BCUT2D eigenvalue weighted by Crippen LogP contribution is -2.15. The number of aromatic hydroxyl groups is 1. The van der Waals surface area contributed by atoms with Crippen molar-refractivity contribution in [3.8, 4) is 11.4 Å². The Balaban J connectivity index is 1.90. The molecule has 0 aliphatic heterocycles. The molecule has 7 heteroatoms. The van der Waals surface area contributed by atoms with Crippen LogP contribution in [0.15, 0.2) is 54.9 Å². The van der Waals surface area contributed by atoms with E-state index in [-0.39, 0.29) is 11.7 Å². The number of anilines is 1. The number of benzene rings is 2. The van der Waals surface area contributed by atoms with Crippen molar-refractivity contribution in [2.45, 2.75) is 0 Å². The van der Waals surface area contributed by atoms with Gasteiger partial charge in [-0.1, -0.05) is 12.1 Å². The van der Waals surface area contributed by atoms with Gasteiger partial charge < -0.3 is 10.4 Å². The van der Waals surface area contributed by atoms with Crippen molar-refractivity contribution >= 4 is 11.6 Å². The van der Waals surface area contributed by atoms with Crippen LogP contribution in [-0.2, 0) is 0 Å². The lowest BCUT2D eigenvalue weighted by atomic mass is 10.1. The van der Waals surface area contributed by atoms with Crippen LogP contribution in [0, 0.1) is 0 Å². The molecule has 0 bridgehead atoms. The lowest BCUT2D eigenvalue weighted by Gasteiger charge is -2.09. The van der Waals surface area contributed by atoms with Crippen molar-refractivity contribution in [1.29, 1.82) is 0 Å². The van der Waals surface area contributed by atoms with Crippen LogP contribution in [0.25, 0.3) is 5.69 Å². The number of carbonyl (C=O) groups is 1. The molecule has 3 aromatic rings. The maximum atomic E-state index is 12.4. The third-order valence-electron chi connectivity index (χ3n) is 2.87. The van der Waals surface area contributed by atoms with Crippen LogP contribution in [0.4, 0.5) is 5.69 Å². The Kier molecular flexibility index (Phi) is 3.30. The molecule has 104 valence electrons. The number of phenolic OH excluding ortho intramolecular Hbond substituents is 1. The molecule has 21 heavy (non-hydrogen) atoms. The van der Waals surface area contributed by atoms with Crippen molar-refractivity contribution in [2.24, 2.45) is 0 Å². The molecule has 2 aromatic carbocycles. The van der Waals surface area contributed by atoms with Gasteiger partial charge in [0.2, 0.25) is 0 Å². The summed E-state index contributed by atoms with van der Waals surface area (Å²) in [5, 5.41) is 22.9. The summed E-state index contributed by atoms with van der Waals surface area (Å²) < 4.78 is 1.42. The minimum absolute atomic E-state index is 0.141. The zero-order valence-corrected chi connectivity index (χ0v) is 10.8. The van der Waals surface area contributed by atoms with Gasteiger partial charge in [-0.2, -0.15) is 4.68 Å². The smallest absolute Gasteiger partial charge is 0.257 e. The zero-order valence-electron chi connectivity index (χ0n) is 10.8. The Bertz CT molecular complexity index is 753. The molecule has 0 unspecified atom stereocenters. The van der Waals surface area contributed by atoms with E-state index >= 15 is 0 Å². The summed E-state index contributed by atoms with van der Waals surface area (Å²) in [5.74, 6) is -0.145. The maximum Gasteiger partial charge on any atom is 0.257 e. The topological polar surface area (TPSA) is 92.9 Å². The van der Waals surface area contributed by atoms with Crippen molar-refractivity contribution in [2.75, 3.05) is 5.32 Å². The van der Waals surface area contributed by atoms with E-state index in [2.05, 4.69) is 20.8 Å². The highest BCUT2D eigenvalue weighted by molar-refractivity contribution is 6.06. The first-order valence-electron chi connectivity index (χ1n) is 6.17. The third-order valence-corrected chi connectivity index (χ3v) is 2.87. The van der Waals surface area contributed by atoms with Crippen molar-refractivity contribution in [3.63, 3.8) is 0 Å². The second-order valence-electron chi connectivity index (χ2n) is 4.27. The summed E-state index contributed by atoms with van der Waals surface area (Å²) in [4.78, 5) is 12.4. The molecule has 1 aromatic heterocycles. The van der Waals surface area contributed by atoms with Gasteiger partial charge in [0.1, 0.15) is 12.1 Å². The summed E-state index contributed by atoms with van der Waals surface area (Å²) in [5.41, 5.74) is 1.61. The minimum Gasteiger partial charge on any atom is -0.508 e. The van der Waals surface area contributed by atoms with Crippen LogP contribution in [0.5, 0.6) is 5.75 Å². The molecular formula is C14H11N5O2. The van der Waals surface area contributed by atoms with Gasteiger partial charge in [-0.05, 0) is 46.8 Å². The number of hydrogen-bond donors (Lipinski definition) is 2. The summed E-state index contributed by atoms with van der Waals surface area (Å²) in [6.07, 6.45) is 1.42. The molecule has 7 nitrogen and oxygen atoms in total. The fourth-order valence-corrected chi connectivity index (χ4v) is 1.88. The van der Waals surface area contributed by atoms with Crippen LogP contribution in [-0.4, -0.2) is 31.2 Å². The molecule has 1 amide bonds. The highest BCUT2D eigenvalue weighted by Gasteiger charge is 2.13. The van der Waals surface area contributed by atoms with Gasteiger partial charge in [0, 0.05) is 5.69 Å². The molecule has 0 aliphatic carbocycles. The van der Waals surface area contributed by atoms with Gasteiger partial charge in [0.25, 0.3) is 5.91 Å². The molecule has 0 aliphatic rings. The second kappa shape index (κ2) is 5.41. The Labute approximate surface area is 119 Å². The number of amides is 1. The maximum absolute atomic E-state index is 12.4. The summed E-state index contributed by atoms with van der Waals surface area (Å²) in [6.45, 7) is 0. The quantitative estimate of drug-likeness (QED) is 0.712. The molecule has 0 atom stereocenters. The van der Waals surface area contributed by atoms with E-state index in [1.54, 1.807) is 36.4 Å². The predicted molar refractivity (Wildman–Crippen MR) is 75.2 cm³/mol. The first kappa shape index (κ1) is 12.8. The predicted octanol–water partition coefficient (Wildman–Crippen LogP) is 1.62. The van der Waals surface area contributed by atoms with E-state index in [9.17, 15) is 9.90 Å². The van der Waals surface area contributed by atoms with Gasteiger partial charge in [0.05, 0.1) is 11.3 Å².